The van der Waals surface area contributed by atoms with Crippen molar-refractivity contribution in [1.82, 2.24) is 10.3 Å². The zero-order chi connectivity index (χ0) is 17.5. The number of thioether (sulfide) groups is 1. The van der Waals surface area contributed by atoms with E-state index in [1.54, 1.807) is 0 Å². The fourth-order valence-corrected chi connectivity index (χ4v) is 3.07. The van der Waals surface area contributed by atoms with Crippen molar-refractivity contribution < 1.29 is 24.9 Å². The molecule has 2 aliphatic rings. The van der Waals surface area contributed by atoms with Gasteiger partial charge in [-0.3, -0.25) is 4.79 Å². The Morgan fingerprint density at radius 2 is 2.08 bits per heavy atom. The number of aliphatic hydroxyl groups excluding tert-OH is 1. The molecule has 0 saturated heterocycles. The van der Waals surface area contributed by atoms with Gasteiger partial charge in [0.1, 0.15) is 5.82 Å². The highest BCUT2D eigenvalue weighted by molar-refractivity contribution is 8.00. The van der Waals surface area contributed by atoms with Crippen molar-refractivity contribution in [3.63, 3.8) is 0 Å². The molecule has 130 valence electrons. The van der Waals surface area contributed by atoms with Crippen LogP contribution in [0, 0.1) is 0 Å². The Labute approximate surface area is 143 Å². The van der Waals surface area contributed by atoms with Crippen molar-refractivity contribution in [3.05, 3.63) is 30.0 Å². The number of carboxylic acid groups (broad SMARTS) is 2. The van der Waals surface area contributed by atoms with Gasteiger partial charge in [0.25, 0.3) is 0 Å². The van der Waals surface area contributed by atoms with Crippen LogP contribution in [-0.4, -0.2) is 50.3 Å². The molecule has 0 fully saturated rings. The lowest BCUT2D eigenvalue weighted by atomic mass is 10.0. The molecule has 1 aliphatic carbocycles. The van der Waals surface area contributed by atoms with Gasteiger partial charge < -0.3 is 26.0 Å². The van der Waals surface area contributed by atoms with Crippen LogP contribution in [0.5, 0.6) is 0 Å². The number of hydrogen-bond acceptors (Lipinski definition) is 6. The van der Waals surface area contributed by atoms with Gasteiger partial charge in [0, 0.05) is 12.6 Å². The SMILES string of the molecule is O=C(O)O.O=C1CSc2ccc(CN[C@@H]3C=C[C@H](O)CC3)nc2N1. The monoisotopic (exact) mass is 353 g/mol. The van der Waals surface area contributed by atoms with E-state index < -0.39 is 6.16 Å². The first-order valence-corrected chi connectivity index (χ1v) is 8.37. The van der Waals surface area contributed by atoms with Gasteiger partial charge in [-0.2, -0.15) is 0 Å². The molecule has 2 atom stereocenters. The summed E-state index contributed by atoms with van der Waals surface area (Å²) < 4.78 is 0. The smallest absolute Gasteiger partial charge is 0.450 e. The van der Waals surface area contributed by atoms with E-state index in [0.29, 0.717) is 18.1 Å². The Hall–Kier alpha value is -2.10. The van der Waals surface area contributed by atoms with Crippen molar-refractivity contribution >= 4 is 29.6 Å². The van der Waals surface area contributed by atoms with Crippen LogP contribution in [0.4, 0.5) is 10.6 Å². The summed E-state index contributed by atoms with van der Waals surface area (Å²) in [6.07, 6.45) is 3.41. The van der Waals surface area contributed by atoms with Gasteiger partial charge >= 0.3 is 6.16 Å². The molecule has 3 rings (SSSR count). The molecule has 0 saturated carbocycles. The molecule has 1 amide bonds. The fraction of sp³-hybridized carbons (Fsp3) is 0.400. The lowest BCUT2D eigenvalue weighted by molar-refractivity contribution is -0.113. The highest BCUT2D eigenvalue weighted by atomic mass is 32.2. The molecular weight excluding hydrogens is 334 g/mol. The summed E-state index contributed by atoms with van der Waals surface area (Å²) in [6.45, 7) is 0.652. The highest BCUT2D eigenvalue weighted by Crippen LogP contribution is 2.29. The molecule has 9 heteroatoms. The number of amides is 1. The summed E-state index contributed by atoms with van der Waals surface area (Å²) in [6, 6.07) is 4.27. The average molecular weight is 353 g/mol. The first-order valence-electron chi connectivity index (χ1n) is 7.38. The number of hydrogen-bond donors (Lipinski definition) is 5. The van der Waals surface area contributed by atoms with E-state index in [-0.39, 0.29) is 18.1 Å². The number of pyridine rings is 1. The van der Waals surface area contributed by atoms with Gasteiger partial charge in [-0.25, -0.2) is 9.78 Å². The van der Waals surface area contributed by atoms with E-state index in [9.17, 15) is 9.90 Å². The van der Waals surface area contributed by atoms with Gasteiger partial charge in [0.15, 0.2) is 0 Å². The number of aromatic nitrogens is 1. The number of carbonyl (C=O) groups is 2. The maximum atomic E-state index is 11.4. The van der Waals surface area contributed by atoms with E-state index in [2.05, 4.69) is 15.6 Å². The normalized spacial score (nSPS) is 22.0. The van der Waals surface area contributed by atoms with Crippen molar-refractivity contribution in [3.8, 4) is 0 Å². The van der Waals surface area contributed by atoms with Gasteiger partial charge in [-0.15, -0.1) is 11.8 Å². The lowest BCUT2D eigenvalue weighted by Crippen LogP contribution is -2.31. The van der Waals surface area contributed by atoms with Crippen LogP contribution in [0.1, 0.15) is 18.5 Å². The van der Waals surface area contributed by atoms with Gasteiger partial charge in [-0.1, -0.05) is 12.2 Å². The highest BCUT2D eigenvalue weighted by Gasteiger charge is 2.17. The number of nitrogens with zero attached hydrogens (tertiary/aromatic N) is 1. The molecule has 5 N–H and O–H groups in total. The third kappa shape index (κ3) is 5.84. The molecule has 0 aromatic carbocycles. The van der Waals surface area contributed by atoms with Gasteiger partial charge in [0.05, 0.1) is 22.4 Å². The fourth-order valence-electron chi connectivity index (χ4n) is 2.31. The predicted octanol–water partition coefficient (Wildman–Crippen LogP) is 1.52. The van der Waals surface area contributed by atoms with Crippen molar-refractivity contribution in [1.29, 1.82) is 0 Å². The van der Waals surface area contributed by atoms with Crippen LogP contribution in [0.15, 0.2) is 29.2 Å². The minimum Gasteiger partial charge on any atom is -0.450 e. The van der Waals surface area contributed by atoms with E-state index in [1.807, 2.05) is 24.3 Å². The van der Waals surface area contributed by atoms with Crippen molar-refractivity contribution in [2.24, 2.45) is 0 Å². The van der Waals surface area contributed by atoms with Crippen LogP contribution >= 0.6 is 11.8 Å². The number of carbonyl (C=O) groups excluding carboxylic acids is 1. The minimum atomic E-state index is -1.83. The van der Waals surface area contributed by atoms with Crippen LogP contribution in [0.2, 0.25) is 0 Å². The zero-order valence-corrected chi connectivity index (χ0v) is 13.6. The molecule has 0 radical (unpaired) electrons. The standard InChI is InChI=1S/C14H17N3O2S.CH2O3/c18-11-4-1-9(2-5-11)15-7-10-3-6-12-14(16-10)17-13(19)8-20-12;2-1(3)4/h1,3-4,6,9,11,15,18H,2,5,7-8H2,(H,16,17,19);(H2,2,3,4)/t9-,11+;/m1./s1. The van der Waals surface area contributed by atoms with Gasteiger partial charge in [0.2, 0.25) is 5.91 Å². The largest absolute Gasteiger partial charge is 0.503 e. The topological polar surface area (TPSA) is 132 Å². The molecule has 2 heterocycles. The maximum Gasteiger partial charge on any atom is 0.503 e. The summed E-state index contributed by atoms with van der Waals surface area (Å²) >= 11 is 1.52. The second kappa shape index (κ2) is 8.67. The molecule has 8 nitrogen and oxygen atoms in total. The van der Waals surface area contributed by atoms with Crippen molar-refractivity contribution in [2.75, 3.05) is 11.1 Å². The predicted molar refractivity (Wildman–Crippen MR) is 89.3 cm³/mol. The number of aliphatic hydroxyl groups is 1. The van der Waals surface area contributed by atoms with Gasteiger partial charge in [-0.05, 0) is 25.0 Å². The lowest BCUT2D eigenvalue weighted by Gasteiger charge is -2.21. The van der Waals surface area contributed by atoms with Crippen LogP contribution in [0.25, 0.3) is 0 Å². The molecule has 0 spiro atoms. The van der Waals surface area contributed by atoms with Crippen LogP contribution in [0.3, 0.4) is 0 Å². The first kappa shape index (κ1) is 18.2. The van der Waals surface area contributed by atoms with Crippen LogP contribution in [-0.2, 0) is 11.3 Å². The summed E-state index contributed by atoms with van der Waals surface area (Å²) in [5.41, 5.74) is 0.908. The van der Waals surface area contributed by atoms with E-state index >= 15 is 0 Å². The Morgan fingerprint density at radius 1 is 1.33 bits per heavy atom. The Kier molecular flexibility index (Phi) is 6.59. The Bertz CT molecular complexity index is 634. The zero-order valence-electron chi connectivity index (χ0n) is 12.8. The summed E-state index contributed by atoms with van der Waals surface area (Å²) in [5.74, 6) is 1.13. The third-order valence-corrected chi connectivity index (χ3v) is 4.46. The van der Waals surface area contributed by atoms with E-state index in [0.717, 1.165) is 23.4 Å². The Morgan fingerprint density at radius 3 is 2.75 bits per heavy atom. The number of fused-ring (bicyclic) bond motifs is 1. The Balaban J connectivity index is 0.000000471. The number of rotatable bonds is 3. The average Bonchev–Trinajstić information content (AvgIpc) is 2.53. The molecule has 0 bridgehead atoms. The van der Waals surface area contributed by atoms with Crippen LogP contribution < -0.4 is 10.6 Å². The summed E-state index contributed by atoms with van der Waals surface area (Å²) in [7, 11) is 0. The molecule has 1 aliphatic heterocycles. The number of anilines is 1. The second-order valence-electron chi connectivity index (χ2n) is 5.29. The quantitative estimate of drug-likeness (QED) is 0.517. The molecular formula is C15H19N3O5S. The molecule has 1 aromatic rings. The molecule has 24 heavy (non-hydrogen) atoms. The van der Waals surface area contributed by atoms with E-state index in [4.69, 9.17) is 15.0 Å². The number of nitrogens with one attached hydrogen (secondary N) is 2. The van der Waals surface area contributed by atoms with Crippen molar-refractivity contribution in [2.45, 2.75) is 36.4 Å². The summed E-state index contributed by atoms with van der Waals surface area (Å²) in [5, 5.41) is 29.5. The second-order valence-corrected chi connectivity index (χ2v) is 6.30. The minimum absolute atomic E-state index is 0.00399. The van der Waals surface area contributed by atoms with E-state index in [1.165, 1.54) is 11.8 Å². The maximum absolute atomic E-state index is 11.4. The molecule has 1 aromatic heterocycles. The third-order valence-electron chi connectivity index (χ3n) is 3.42. The summed E-state index contributed by atoms with van der Waals surface area (Å²) in [4.78, 5) is 25.4. The first-order chi connectivity index (χ1) is 11.4. The molecule has 0 unspecified atom stereocenters.